The van der Waals surface area contributed by atoms with E-state index >= 15 is 0 Å². The van der Waals surface area contributed by atoms with Crippen molar-refractivity contribution >= 4 is 11.9 Å². The Kier molecular flexibility index (Phi) is 11.0. The van der Waals surface area contributed by atoms with Crippen molar-refractivity contribution in [1.29, 1.82) is 0 Å². The van der Waals surface area contributed by atoms with Crippen molar-refractivity contribution in [3.05, 3.63) is 132 Å². The van der Waals surface area contributed by atoms with Gasteiger partial charge in [-0.05, 0) is 36.1 Å². The normalized spacial score (nSPS) is 10.9. The molecular weight excluding hydrogens is 564 g/mol. The highest BCUT2D eigenvalue weighted by Gasteiger charge is 2.33. The van der Waals surface area contributed by atoms with Gasteiger partial charge in [0.15, 0.2) is 0 Å². The SMILES string of the molecule is C=CC(=O)OCCOc1c(C(C)(C)c2ccc(C)c(-c3ccccc3)c2OCCOC(=O)C=C)ccc(C)c1-c1ccccc1. The summed E-state index contributed by atoms with van der Waals surface area (Å²) in [6, 6.07) is 28.6. The van der Waals surface area contributed by atoms with Crippen molar-refractivity contribution in [3.63, 3.8) is 0 Å². The fourth-order valence-electron chi connectivity index (χ4n) is 5.41. The Bertz CT molecular complexity index is 1530. The molecule has 0 aliphatic heterocycles. The van der Waals surface area contributed by atoms with Gasteiger partial charge < -0.3 is 18.9 Å². The van der Waals surface area contributed by atoms with Crippen molar-refractivity contribution in [2.75, 3.05) is 26.4 Å². The second-order valence-corrected chi connectivity index (χ2v) is 11.1. The predicted octanol–water partition coefficient (Wildman–Crippen LogP) is 8.18. The van der Waals surface area contributed by atoms with Gasteiger partial charge in [-0.25, -0.2) is 9.59 Å². The van der Waals surface area contributed by atoms with E-state index in [0.29, 0.717) is 11.5 Å². The van der Waals surface area contributed by atoms with Gasteiger partial charge in [-0.2, -0.15) is 0 Å². The lowest BCUT2D eigenvalue weighted by Crippen LogP contribution is -2.24. The summed E-state index contributed by atoms with van der Waals surface area (Å²) in [6.07, 6.45) is 2.27. The van der Waals surface area contributed by atoms with Gasteiger partial charge in [0.05, 0.1) is 0 Å². The molecule has 45 heavy (non-hydrogen) atoms. The fourth-order valence-corrected chi connectivity index (χ4v) is 5.41. The van der Waals surface area contributed by atoms with Gasteiger partial charge in [0, 0.05) is 39.8 Å². The Hall–Kier alpha value is -5.10. The number of rotatable bonds is 14. The van der Waals surface area contributed by atoms with Crippen molar-refractivity contribution < 1.29 is 28.5 Å². The van der Waals surface area contributed by atoms with Crippen LogP contribution in [0.3, 0.4) is 0 Å². The van der Waals surface area contributed by atoms with Crippen LogP contribution in [-0.4, -0.2) is 38.4 Å². The van der Waals surface area contributed by atoms with E-state index in [-0.39, 0.29) is 26.4 Å². The van der Waals surface area contributed by atoms with E-state index in [4.69, 9.17) is 18.9 Å². The van der Waals surface area contributed by atoms with Gasteiger partial charge >= 0.3 is 11.9 Å². The van der Waals surface area contributed by atoms with Gasteiger partial charge in [-0.3, -0.25) is 0 Å². The second-order valence-electron chi connectivity index (χ2n) is 11.1. The van der Waals surface area contributed by atoms with E-state index < -0.39 is 17.4 Å². The monoisotopic (exact) mass is 604 g/mol. The lowest BCUT2D eigenvalue weighted by molar-refractivity contribution is -0.139. The zero-order chi connectivity index (χ0) is 32.4. The zero-order valence-electron chi connectivity index (χ0n) is 26.4. The molecule has 0 saturated carbocycles. The average molecular weight is 605 g/mol. The maximum absolute atomic E-state index is 11.7. The molecule has 4 aromatic rings. The van der Waals surface area contributed by atoms with Gasteiger partial charge in [0.1, 0.15) is 37.9 Å². The molecule has 0 spiro atoms. The topological polar surface area (TPSA) is 71.1 Å². The minimum Gasteiger partial charge on any atom is -0.489 e. The first kappa shape index (κ1) is 32.8. The third-order valence-corrected chi connectivity index (χ3v) is 7.69. The number of ether oxygens (including phenoxy) is 4. The molecule has 4 rings (SSSR count). The first-order chi connectivity index (χ1) is 21.7. The zero-order valence-corrected chi connectivity index (χ0v) is 26.4. The molecule has 0 N–H and O–H groups in total. The molecule has 0 bridgehead atoms. The number of esters is 2. The molecule has 6 nitrogen and oxygen atoms in total. The van der Waals surface area contributed by atoms with Crippen LogP contribution < -0.4 is 9.47 Å². The highest BCUT2D eigenvalue weighted by molar-refractivity contribution is 5.82. The van der Waals surface area contributed by atoms with Crippen LogP contribution in [0.4, 0.5) is 0 Å². The van der Waals surface area contributed by atoms with Gasteiger partial charge in [-0.1, -0.05) is 112 Å². The van der Waals surface area contributed by atoms with Crippen LogP contribution in [0.15, 0.2) is 110 Å². The molecule has 0 saturated heterocycles. The van der Waals surface area contributed by atoms with Crippen LogP contribution in [-0.2, 0) is 24.5 Å². The standard InChI is InChI=1S/C39H40O6/c1-7-33(40)42-23-25-44-37-31(21-19-27(3)35(37)29-15-11-9-12-16-29)39(5,6)32-22-20-28(4)36(30-17-13-10-14-18-30)38(32)45-26-24-43-34(41)8-2/h7-22H,1-2,23-26H2,3-6H3. The summed E-state index contributed by atoms with van der Waals surface area (Å²) in [5.41, 5.74) is 7.30. The van der Waals surface area contributed by atoms with E-state index in [0.717, 1.165) is 56.7 Å². The molecule has 0 aliphatic carbocycles. The largest absolute Gasteiger partial charge is 0.489 e. The van der Waals surface area contributed by atoms with Gasteiger partial charge in [0.25, 0.3) is 0 Å². The van der Waals surface area contributed by atoms with Crippen LogP contribution in [0.1, 0.15) is 36.1 Å². The van der Waals surface area contributed by atoms with E-state index in [1.807, 2.05) is 36.4 Å². The fraction of sp³-hybridized carbons (Fsp3) is 0.231. The van der Waals surface area contributed by atoms with Crippen LogP contribution in [0, 0.1) is 13.8 Å². The molecule has 0 aliphatic rings. The molecule has 0 aromatic heterocycles. The summed E-state index contributed by atoms with van der Waals surface area (Å²) in [5, 5.41) is 0. The smallest absolute Gasteiger partial charge is 0.330 e. The van der Waals surface area contributed by atoms with E-state index in [1.165, 1.54) is 0 Å². The summed E-state index contributed by atoms with van der Waals surface area (Å²) >= 11 is 0. The first-order valence-electron chi connectivity index (χ1n) is 14.9. The molecule has 0 amide bonds. The predicted molar refractivity (Wildman–Crippen MR) is 179 cm³/mol. The van der Waals surface area contributed by atoms with E-state index in [9.17, 15) is 9.59 Å². The molecule has 0 radical (unpaired) electrons. The summed E-state index contributed by atoms with van der Waals surface area (Å²) in [5.74, 6) is 0.405. The van der Waals surface area contributed by atoms with Crippen molar-refractivity contribution in [3.8, 4) is 33.8 Å². The van der Waals surface area contributed by atoms with Crippen molar-refractivity contribution in [1.82, 2.24) is 0 Å². The highest BCUT2D eigenvalue weighted by atomic mass is 16.6. The van der Waals surface area contributed by atoms with Crippen molar-refractivity contribution in [2.45, 2.75) is 33.1 Å². The Morgan fingerprint density at radius 2 is 0.978 bits per heavy atom. The molecular formula is C39H40O6. The van der Waals surface area contributed by atoms with Crippen LogP contribution in [0.25, 0.3) is 22.3 Å². The first-order valence-corrected chi connectivity index (χ1v) is 14.9. The maximum Gasteiger partial charge on any atom is 0.330 e. The lowest BCUT2D eigenvalue weighted by Gasteiger charge is -2.33. The molecule has 232 valence electrons. The molecule has 0 atom stereocenters. The lowest BCUT2D eigenvalue weighted by atomic mass is 9.74. The number of hydrogen-bond donors (Lipinski definition) is 0. The number of aryl methyl sites for hydroxylation is 2. The van der Waals surface area contributed by atoms with Gasteiger partial charge in [-0.15, -0.1) is 0 Å². The maximum atomic E-state index is 11.7. The molecule has 6 heteroatoms. The number of benzene rings is 4. The van der Waals surface area contributed by atoms with Crippen LogP contribution in [0.5, 0.6) is 11.5 Å². The summed E-state index contributed by atoms with van der Waals surface area (Å²) < 4.78 is 23.5. The Morgan fingerprint density at radius 1 is 0.600 bits per heavy atom. The molecule has 0 unspecified atom stereocenters. The second kappa shape index (κ2) is 15.1. The summed E-state index contributed by atoms with van der Waals surface area (Å²) in [6.45, 7) is 15.8. The average Bonchev–Trinajstić information content (AvgIpc) is 3.05. The summed E-state index contributed by atoms with van der Waals surface area (Å²) in [4.78, 5) is 23.4. The Balaban J connectivity index is 1.88. The minimum atomic E-state index is -0.630. The minimum absolute atomic E-state index is 0.0768. The van der Waals surface area contributed by atoms with Gasteiger partial charge in [0.2, 0.25) is 0 Å². The number of hydrogen-bond acceptors (Lipinski definition) is 6. The van der Waals surface area contributed by atoms with E-state index in [1.54, 1.807) is 0 Å². The number of carbonyl (C=O) groups is 2. The molecule has 4 aromatic carbocycles. The third kappa shape index (κ3) is 7.71. The third-order valence-electron chi connectivity index (χ3n) is 7.69. The van der Waals surface area contributed by atoms with Crippen LogP contribution >= 0.6 is 0 Å². The summed E-state index contributed by atoms with van der Waals surface area (Å²) in [7, 11) is 0. The highest BCUT2D eigenvalue weighted by Crippen LogP contribution is 2.49. The Morgan fingerprint density at radius 3 is 1.33 bits per heavy atom. The van der Waals surface area contributed by atoms with Crippen LogP contribution in [0.2, 0.25) is 0 Å². The molecule has 0 heterocycles. The number of carbonyl (C=O) groups excluding carboxylic acids is 2. The molecule has 0 fully saturated rings. The van der Waals surface area contributed by atoms with Crippen molar-refractivity contribution in [2.24, 2.45) is 0 Å². The van der Waals surface area contributed by atoms with E-state index in [2.05, 4.69) is 89.4 Å². The Labute approximate surface area is 265 Å². The quantitative estimate of drug-likeness (QED) is 0.0821.